The fraction of sp³-hybridized carbons (Fsp3) is 0.750. The van der Waals surface area contributed by atoms with Crippen LogP contribution in [-0.2, 0) is 0 Å². The quantitative estimate of drug-likeness (QED) is 0.571. The first-order valence-electron chi connectivity index (χ1n) is 5.80. The largest absolute Gasteiger partial charge is 0.359 e. The molecule has 1 saturated carbocycles. The van der Waals surface area contributed by atoms with Crippen molar-refractivity contribution in [3.05, 3.63) is 12.7 Å². The first-order chi connectivity index (χ1) is 7.15. The topological polar surface area (TPSA) is 24.1 Å². The van der Waals surface area contributed by atoms with Crippen molar-refractivity contribution in [3.63, 3.8) is 0 Å². The van der Waals surface area contributed by atoms with Gasteiger partial charge >= 0.3 is 0 Å². The lowest BCUT2D eigenvalue weighted by Gasteiger charge is -2.35. The van der Waals surface area contributed by atoms with Crippen molar-refractivity contribution in [2.75, 3.05) is 6.54 Å². The maximum atomic E-state index is 5.24. The number of nitrogens with one attached hydrogen (secondary N) is 2. The van der Waals surface area contributed by atoms with Gasteiger partial charge in [-0.2, -0.15) is 0 Å². The highest BCUT2D eigenvalue weighted by molar-refractivity contribution is 7.80. The van der Waals surface area contributed by atoms with E-state index in [4.69, 9.17) is 12.2 Å². The summed E-state index contributed by atoms with van der Waals surface area (Å²) in [6.07, 6.45) is 5.80. The third kappa shape index (κ3) is 3.82. The summed E-state index contributed by atoms with van der Waals surface area (Å²) in [5, 5.41) is 7.31. The highest BCUT2D eigenvalue weighted by Crippen LogP contribution is 2.28. The van der Waals surface area contributed by atoms with Crippen LogP contribution >= 0.6 is 12.2 Å². The van der Waals surface area contributed by atoms with Crippen LogP contribution in [0.25, 0.3) is 0 Å². The molecular weight excluding hydrogens is 204 g/mol. The SMILES string of the molecule is C=CCNC(=S)NC1C(C)CCCC1C. The predicted octanol–water partition coefficient (Wildman–Crippen LogP) is 2.46. The maximum Gasteiger partial charge on any atom is 0.166 e. The third-order valence-corrected chi connectivity index (χ3v) is 3.51. The molecule has 86 valence electrons. The van der Waals surface area contributed by atoms with Crippen LogP contribution in [0.5, 0.6) is 0 Å². The van der Waals surface area contributed by atoms with Crippen LogP contribution in [0.15, 0.2) is 12.7 Å². The Kier molecular flexibility index (Phi) is 5.09. The second kappa shape index (κ2) is 6.11. The summed E-state index contributed by atoms with van der Waals surface area (Å²) in [7, 11) is 0. The van der Waals surface area contributed by atoms with Gasteiger partial charge in [-0.15, -0.1) is 6.58 Å². The molecule has 2 N–H and O–H groups in total. The van der Waals surface area contributed by atoms with Gasteiger partial charge in [0.2, 0.25) is 0 Å². The number of hydrogen-bond donors (Lipinski definition) is 2. The summed E-state index contributed by atoms with van der Waals surface area (Å²) in [6, 6.07) is 0.531. The predicted molar refractivity (Wildman–Crippen MR) is 69.9 cm³/mol. The van der Waals surface area contributed by atoms with E-state index < -0.39 is 0 Å². The van der Waals surface area contributed by atoms with E-state index in [1.165, 1.54) is 19.3 Å². The normalized spacial score (nSPS) is 30.7. The van der Waals surface area contributed by atoms with Crippen LogP contribution in [0.3, 0.4) is 0 Å². The molecule has 2 unspecified atom stereocenters. The average molecular weight is 226 g/mol. The minimum Gasteiger partial charge on any atom is -0.359 e. The van der Waals surface area contributed by atoms with E-state index in [9.17, 15) is 0 Å². The van der Waals surface area contributed by atoms with Crippen molar-refractivity contribution in [3.8, 4) is 0 Å². The van der Waals surface area contributed by atoms with Crippen molar-refractivity contribution in [1.29, 1.82) is 0 Å². The van der Waals surface area contributed by atoms with Crippen LogP contribution in [0, 0.1) is 11.8 Å². The fourth-order valence-electron chi connectivity index (χ4n) is 2.33. The van der Waals surface area contributed by atoms with Crippen LogP contribution in [0.4, 0.5) is 0 Å². The molecule has 1 aliphatic rings. The Hall–Kier alpha value is -0.570. The molecule has 0 radical (unpaired) electrons. The van der Waals surface area contributed by atoms with E-state index in [-0.39, 0.29) is 0 Å². The van der Waals surface area contributed by atoms with Gasteiger partial charge in [0.05, 0.1) is 0 Å². The van der Waals surface area contributed by atoms with Gasteiger partial charge in [0.25, 0.3) is 0 Å². The molecule has 15 heavy (non-hydrogen) atoms. The lowest BCUT2D eigenvalue weighted by Crippen LogP contribution is -2.49. The van der Waals surface area contributed by atoms with Gasteiger partial charge in [-0.25, -0.2) is 0 Å². The fourth-order valence-corrected chi connectivity index (χ4v) is 2.55. The second-order valence-electron chi connectivity index (χ2n) is 4.55. The van der Waals surface area contributed by atoms with Gasteiger partial charge in [0, 0.05) is 12.6 Å². The van der Waals surface area contributed by atoms with Gasteiger partial charge < -0.3 is 10.6 Å². The summed E-state index contributed by atoms with van der Waals surface area (Å²) in [6.45, 7) is 9.01. The molecule has 0 aliphatic heterocycles. The second-order valence-corrected chi connectivity index (χ2v) is 4.96. The lowest BCUT2D eigenvalue weighted by molar-refractivity contribution is 0.231. The molecule has 2 atom stereocenters. The monoisotopic (exact) mass is 226 g/mol. The molecule has 0 spiro atoms. The summed E-state index contributed by atoms with van der Waals surface area (Å²) in [5.74, 6) is 1.44. The van der Waals surface area contributed by atoms with Gasteiger partial charge in [-0.3, -0.25) is 0 Å². The molecule has 0 amide bonds. The number of rotatable bonds is 3. The Labute approximate surface area is 98.5 Å². The highest BCUT2D eigenvalue weighted by atomic mass is 32.1. The van der Waals surface area contributed by atoms with E-state index in [1.807, 2.05) is 6.08 Å². The molecule has 1 rings (SSSR count). The summed E-state index contributed by atoms with van der Waals surface area (Å²) in [4.78, 5) is 0. The van der Waals surface area contributed by atoms with E-state index in [1.54, 1.807) is 0 Å². The lowest BCUT2D eigenvalue weighted by atomic mass is 9.79. The van der Waals surface area contributed by atoms with Gasteiger partial charge in [-0.1, -0.05) is 26.3 Å². The van der Waals surface area contributed by atoms with Crippen molar-refractivity contribution in [1.82, 2.24) is 10.6 Å². The molecule has 1 aliphatic carbocycles. The van der Waals surface area contributed by atoms with Gasteiger partial charge in [0.15, 0.2) is 5.11 Å². The summed E-state index contributed by atoms with van der Waals surface area (Å²) >= 11 is 5.24. The summed E-state index contributed by atoms with van der Waals surface area (Å²) in [5.41, 5.74) is 0. The van der Waals surface area contributed by atoms with E-state index in [0.29, 0.717) is 6.04 Å². The molecule has 1 fully saturated rings. The molecule has 0 saturated heterocycles. The van der Waals surface area contributed by atoms with Crippen LogP contribution < -0.4 is 10.6 Å². The highest BCUT2D eigenvalue weighted by Gasteiger charge is 2.27. The molecule has 0 heterocycles. The smallest absolute Gasteiger partial charge is 0.166 e. The molecule has 0 aromatic carbocycles. The number of thiocarbonyl (C=S) groups is 1. The van der Waals surface area contributed by atoms with E-state index >= 15 is 0 Å². The minimum atomic E-state index is 0.531. The Balaban J connectivity index is 2.40. The van der Waals surface area contributed by atoms with E-state index in [0.717, 1.165) is 23.5 Å². The minimum absolute atomic E-state index is 0.531. The van der Waals surface area contributed by atoms with Gasteiger partial charge in [-0.05, 0) is 36.9 Å². The zero-order chi connectivity index (χ0) is 11.3. The summed E-state index contributed by atoms with van der Waals surface area (Å²) < 4.78 is 0. The van der Waals surface area contributed by atoms with Crippen molar-refractivity contribution in [2.45, 2.75) is 39.2 Å². The van der Waals surface area contributed by atoms with Crippen molar-refractivity contribution >= 4 is 17.3 Å². The standard InChI is InChI=1S/C12H22N2S/c1-4-8-13-12(15)14-11-9(2)6-5-7-10(11)3/h4,9-11H,1,5-8H2,2-3H3,(H2,13,14,15). The Morgan fingerprint density at radius 3 is 2.53 bits per heavy atom. The Morgan fingerprint density at radius 2 is 2.00 bits per heavy atom. The molecular formula is C12H22N2S. The zero-order valence-corrected chi connectivity index (χ0v) is 10.6. The van der Waals surface area contributed by atoms with Crippen molar-refractivity contribution in [2.24, 2.45) is 11.8 Å². The molecule has 3 heteroatoms. The van der Waals surface area contributed by atoms with Crippen LogP contribution in [-0.4, -0.2) is 17.7 Å². The van der Waals surface area contributed by atoms with Crippen LogP contribution in [0.1, 0.15) is 33.1 Å². The maximum absolute atomic E-state index is 5.24. The molecule has 0 bridgehead atoms. The van der Waals surface area contributed by atoms with Crippen LogP contribution in [0.2, 0.25) is 0 Å². The average Bonchev–Trinajstić information content (AvgIpc) is 2.21. The zero-order valence-electron chi connectivity index (χ0n) is 9.75. The molecule has 0 aromatic heterocycles. The Morgan fingerprint density at radius 1 is 1.40 bits per heavy atom. The third-order valence-electron chi connectivity index (χ3n) is 3.25. The Bertz CT molecular complexity index is 218. The first-order valence-corrected chi connectivity index (χ1v) is 6.21. The number of hydrogen-bond acceptors (Lipinski definition) is 1. The van der Waals surface area contributed by atoms with E-state index in [2.05, 4.69) is 31.1 Å². The first kappa shape index (κ1) is 12.5. The molecule has 0 aromatic rings. The van der Waals surface area contributed by atoms with Crippen molar-refractivity contribution < 1.29 is 0 Å². The molecule has 2 nitrogen and oxygen atoms in total. The van der Waals surface area contributed by atoms with Gasteiger partial charge in [0.1, 0.15) is 0 Å².